The molecule has 0 spiro atoms. The van der Waals surface area contributed by atoms with Crippen LogP contribution in [-0.2, 0) is 15.8 Å². The lowest BCUT2D eigenvalue weighted by atomic mass is 9.67. The summed E-state index contributed by atoms with van der Waals surface area (Å²) in [5, 5.41) is 0.868. The zero-order chi connectivity index (χ0) is 25.8. The third-order valence-electron chi connectivity index (χ3n) is 8.68. The van der Waals surface area contributed by atoms with Gasteiger partial charge in [-0.05, 0) is 60.4 Å². The van der Waals surface area contributed by atoms with E-state index in [2.05, 4.69) is 11.1 Å². The minimum absolute atomic E-state index is 0.0202. The highest BCUT2D eigenvalue weighted by molar-refractivity contribution is 8.00. The first kappa shape index (κ1) is 23.3. The van der Waals surface area contributed by atoms with Gasteiger partial charge in [0.2, 0.25) is 11.8 Å². The topological polar surface area (TPSA) is 70.2 Å². The standard InChI is InChI=1S/C27H21F3N2O3S2/c1-11-5-2-3-8-14(11)17-18-15-10-16(21(18)36-23-22(17)37-26(35)31-23)20-19(15)24(33)32(25(20)34)13-7-4-6-12(9-13)27(28,29)30/h2-9,15-21H,10H2,1H3,(H,31,35)/t15-,16-,17-,18+,19-,20-,21+/m1/s1. The molecule has 7 atom stereocenters. The number of alkyl halides is 3. The Morgan fingerprint density at radius 1 is 0.973 bits per heavy atom. The van der Waals surface area contributed by atoms with Crippen molar-refractivity contribution in [1.29, 1.82) is 0 Å². The van der Waals surface area contributed by atoms with Crippen molar-refractivity contribution in [3.05, 3.63) is 79.8 Å². The normalized spacial score (nSPS) is 32.0. The predicted molar refractivity (Wildman–Crippen MR) is 134 cm³/mol. The van der Waals surface area contributed by atoms with Crippen molar-refractivity contribution in [3.63, 3.8) is 0 Å². The first-order valence-corrected chi connectivity index (χ1v) is 13.8. The van der Waals surface area contributed by atoms with Gasteiger partial charge < -0.3 is 4.98 Å². The Morgan fingerprint density at radius 2 is 1.70 bits per heavy atom. The highest BCUT2D eigenvalue weighted by Gasteiger charge is 2.69. The van der Waals surface area contributed by atoms with Crippen LogP contribution in [0.15, 0.2) is 58.4 Å². The predicted octanol–water partition coefficient (Wildman–Crippen LogP) is 5.44. The van der Waals surface area contributed by atoms with Crippen molar-refractivity contribution < 1.29 is 22.8 Å². The van der Waals surface area contributed by atoms with Crippen LogP contribution in [-0.4, -0.2) is 22.0 Å². The van der Waals surface area contributed by atoms with E-state index in [9.17, 15) is 27.6 Å². The van der Waals surface area contributed by atoms with Gasteiger partial charge in [0, 0.05) is 16.0 Å². The van der Waals surface area contributed by atoms with E-state index < -0.39 is 35.4 Å². The molecule has 3 heterocycles. The zero-order valence-corrected chi connectivity index (χ0v) is 21.1. The number of aromatic nitrogens is 1. The quantitative estimate of drug-likeness (QED) is 0.438. The average Bonchev–Trinajstić information content (AvgIpc) is 3.58. The van der Waals surface area contributed by atoms with Gasteiger partial charge in [0.15, 0.2) is 0 Å². The van der Waals surface area contributed by atoms with Crippen LogP contribution in [0.4, 0.5) is 18.9 Å². The summed E-state index contributed by atoms with van der Waals surface area (Å²) in [5.41, 5.74) is 1.31. The zero-order valence-electron chi connectivity index (χ0n) is 19.5. The molecule has 2 bridgehead atoms. The number of hydrogen-bond donors (Lipinski definition) is 1. The van der Waals surface area contributed by atoms with Gasteiger partial charge >= 0.3 is 11.0 Å². The lowest BCUT2D eigenvalue weighted by Gasteiger charge is -2.43. The number of amides is 2. The van der Waals surface area contributed by atoms with E-state index in [0.717, 1.165) is 44.5 Å². The molecule has 3 fully saturated rings. The van der Waals surface area contributed by atoms with E-state index >= 15 is 0 Å². The smallest absolute Gasteiger partial charge is 0.307 e. The second-order valence-corrected chi connectivity index (χ2v) is 12.6. The molecule has 1 aromatic heterocycles. The maximum Gasteiger partial charge on any atom is 0.416 e. The van der Waals surface area contributed by atoms with Crippen LogP contribution in [0, 0.1) is 36.5 Å². The van der Waals surface area contributed by atoms with Gasteiger partial charge in [0.05, 0.1) is 28.1 Å². The average molecular weight is 543 g/mol. The third-order valence-corrected chi connectivity index (χ3v) is 11.3. The second kappa shape index (κ2) is 7.83. The molecule has 2 amide bonds. The minimum Gasteiger partial charge on any atom is -0.307 e. The van der Waals surface area contributed by atoms with Gasteiger partial charge in [-0.15, -0.1) is 11.8 Å². The van der Waals surface area contributed by atoms with Crippen molar-refractivity contribution in [1.82, 2.24) is 4.98 Å². The number of nitrogens with zero attached hydrogens (tertiary/aromatic N) is 1. The summed E-state index contributed by atoms with van der Waals surface area (Å²) in [6.45, 7) is 2.04. The van der Waals surface area contributed by atoms with Gasteiger partial charge in [0.25, 0.3) is 0 Å². The molecule has 10 heteroatoms. The Morgan fingerprint density at radius 3 is 2.43 bits per heavy atom. The highest BCUT2D eigenvalue weighted by atomic mass is 32.2. The van der Waals surface area contributed by atoms with Crippen molar-refractivity contribution in [3.8, 4) is 0 Å². The van der Waals surface area contributed by atoms with Crippen LogP contribution in [0.5, 0.6) is 0 Å². The Labute approximate surface area is 218 Å². The molecule has 3 aromatic rings. The minimum atomic E-state index is -4.57. The number of aryl methyl sites for hydroxylation is 1. The lowest BCUT2D eigenvalue weighted by molar-refractivity contribution is -0.137. The number of thioether (sulfide) groups is 1. The Kier molecular flexibility index (Phi) is 4.93. The van der Waals surface area contributed by atoms with Crippen LogP contribution in [0.25, 0.3) is 0 Å². The van der Waals surface area contributed by atoms with Gasteiger partial charge in [0.1, 0.15) is 0 Å². The Balaban J connectivity index is 1.31. The third kappa shape index (κ3) is 3.21. The number of aromatic amines is 1. The highest BCUT2D eigenvalue weighted by Crippen LogP contribution is 2.68. The number of carbonyl (C=O) groups is 2. The number of nitrogens with one attached hydrogen (secondary N) is 1. The van der Waals surface area contributed by atoms with Crippen molar-refractivity contribution in [2.45, 2.75) is 35.7 Å². The van der Waals surface area contributed by atoms with Crippen LogP contribution < -0.4 is 9.77 Å². The molecule has 1 saturated heterocycles. The van der Waals surface area contributed by atoms with E-state index in [1.807, 2.05) is 25.1 Å². The summed E-state index contributed by atoms with van der Waals surface area (Å²) in [4.78, 5) is 44.6. The van der Waals surface area contributed by atoms with E-state index in [1.165, 1.54) is 23.5 Å². The molecule has 4 aliphatic rings. The summed E-state index contributed by atoms with van der Waals surface area (Å²) in [5.74, 6) is -2.11. The fourth-order valence-corrected chi connectivity index (χ4v) is 10.3. The molecule has 0 unspecified atom stereocenters. The number of fused-ring (bicyclic) bond motifs is 9. The summed E-state index contributed by atoms with van der Waals surface area (Å²) >= 11 is 2.80. The largest absolute Gasteiger partial charge is 0.416 e. The molecule has 2 aromatic carbocycles. The maximum atomic E-state index is 13.7. The number of thiazole rings is 1. The van der Waals surface area contributed by atoms with E-state index in [0.29, 0.717) is 0 Å². The lowest BCUT2D eigenvalue weighted by Crippen LogP contribution is -2.42. The first-order valence-electron chi connectivity index (χ1n) is 12.2. The van der Waals surface area contributed by atoms with Crippen molar-refractivity contribution in [2.75, 3.05) is 4.90 Å². The van der Waals surface area contributed by atoms with Gasteiger partial charge in [-0.1, -0.05) is 41.7 Å². The monoisotopic (exact) mass is 542 g/mol. The Hall–Kier alpha value is -2.85. The molecule has 1 N–H and O–H groups in total. The number of rotatable bonds is 2. The second-order valence-electron chi connectivity index (χ2n) is 10.4. The molecule has 2 aliphatic carbocycles. The first-order chi connectivity index (χ1) is 17.6. The van der Waals surface area contributed by atoms with E-state index in [4.69, 9.17) is 0 Å². The molecule has 7 rings (SSSR count). The number of anilines is 1. The Bertz CT molecular complexity index is 1530. The number of hydrogen-bond acceptors (Lipinski definition) is 5. The molecule has 37 heavy (non-hydrogen) atoms. The number of benzene rings is 2. The van der Waals surface area contributed by atoms with Crippen molar-refractivity contribution in [2.24, 2.45) is 29.6 Å². The molecule has 190 valence electrons. The number of H-pyrrole nitrogens is 1. The molecular weight excluding hydrogens is 521 g/mol. The fourth-order valence-electron chi connectivity index (χ4n) is 7.38. The summed E-state index contributed by atoms with van der Waals surface area (Å²) < 4.78 is 40.1. The number of halogens is 3. The summed E-state index contributed by atoms with van der Waals surface area (Å²) in [6.07, 6.45) is -3.84. The van der Waals surface area contributed by atoms with Crippen LogP contribution >= 0.6 is 23.1 Å². The molecule has 2 saturated carbocycles. The van der Waals surface area contributed by atoms with Crippen LogP contribution in [0.1, 0.15) is 33.9 Å². The van der Waals surface area contributed by atoms with Crippen LogP contribution in [0.3, 0.4) is 0 Å². The summed E-state index contributed by atoms with van der Waals surface area (Å²) in [6, 6.07) is 12.5. The number of carbonyl (C=O) groups excluding carboxylic acids is 2. The molecule has 5 nitrogen and oxygen atoms in total. The van der Waals surface area contributed by atoms with E-state index in [-0.39, 0.29) is 39.5 Å². The van der Waals surface area contributed by atoms with E-state index in [1.54, 1.807) is 11.8 Å². The van der Waals surface area contributed by atoms with Crippen molar-refractivity contribution >= 4 is 40.6 Å². The van der Waals surface area contributed by atoms with Gasteiger partial charge in [-0.3, -0.25) is 19.3 Å². The number of imide groups is 1. The van der Waals surface area contributed by atoms with Gasteiger partial charge in [-0.25, -0.2) is 0 Å². The fraction of sp³-hybridized carbons (Fsp3) is 0.370. The molecule has 2 aliphatic heterocycles. The maximum absolute atomic E-state index is 13.7. The summed E-state index contributed by atoms with van der Waals surface area (Å²) in [7, 11) is 0. The van der Waals surface area contributed by atoms with Crippen LogP contribution in [0.2, 0.25) is 0 Å². The molecular formula is C27H21F3N2O3S2. The SMILES string of the molecule is Cc1ccccc1[C@H]1c2sc(=O)[nH]c2S[C@H]2[C@@H]3C[C@@H]([C@H]4C(=O)N(c5cccc(C(F)(F)F)c5)C(=O)[C@H]34)[C@@H]12. The molecule has 0 radical (unpaired) electrons. The van der Waals surface area contributed by atoms with Gasteiger partial charge in [-0.2, -0.15) is 13.2 Å².